The molecule has 220 valence electrons. The number of nitrogens with one attached hydrogen (secondary N) is 1. The molecule has 0 aliphatic heterocycles. The summed E-state index contributed by atoms with van der Waals surface area (Å²) in [6.45, 7) is 11.1. The maximum absolute atomic E-state index is 12.3. The first-order valence-electron chi connectivity index (χ1n) is 15.3. The minimum Gasteiger partial charge on any atom is -0.445 e. The lowest BCUT2D eigenvalue weighted by Crippen LogP contribution is -2.38. The predicted molar refractivity (Wildman–Crippen MR) is 160 cm³/mol. The maximum Gasteiger partial charge on any atom is 0.407 e. The summed E-state index contributed by atoms with van der Waals surface area (Å²) < 4.78 is 6.02. The second-order valence-corrected chi connectivity index (χ2v) is 14.2. The summed E-state index contributed by atoms with van der Waals surface area (Å²) in [6.07, 6.45) is 13.7. The van der Waals surface area contributed by atoms with E-state index < -0.39 is 12.2 Å². The van der Waals surface area contributed by atoms with E-state index in [4.69, 9.17) is 9.72 Å². The fraction of sp³-hybridized carbons (Fsp3) is 0.697. The Bertz CT molecular complexity index is 1170. The fourth-order valence-corrected chi connectivity index (χ4v) is 9.42. The molecule has 4 fully saturated rings. The monoisotopic (exact) mass is 568 g/mol. The van der Waals surface area contributed by atoms with Gasteiger partial charge in [0, 0.05) is 24.5 Å². The van der Waals surface area contributed by atoms with Crippen LogP contribution in [0.5, 0.6) is 0 Å². The van der Waals surface area contributed by atoms with Gasteiger partial charge in [-0.3, -0.25) is 0 Å². The second kappa shape index (κ2) is 11.7. The van der Waals surface area contributed by atoms with Gasteiger partial charge in [-0.2, -0.15) is 0 Å². The molecule has 0 radical (unpaired) electrons. The van der Waals surface area contributed by atoms with Crippen molar-refractivity contribution in [2.75, 3.05) is 7.05 Å². The molecule has 0 bridgehead atoms. The van der Waals surface area contributed by atoms with Crippen molar-refractivity contribution in [2.24, 2.45) is 23.2 Å². The summed E-state index contributed by atoms with van der Waals surface area (Å²) >= 11 is 1.70. The van der Waals surface area contributed by atoms with Crippen LogP contribution in [-0.2, 0) is 10.2 Å². The van der Waals surface area contributed by atoms with Gasteiger partial charge >= 0.3 is 6.09 Å². The first-order chi connectivity index (χ1) is 19.1. The minimum atomic E-state index is -0.646. The molecular weight excluding hydrogens is 520 g/mol. The highest BCUT2D eigenvalue weighted by Gasteiger charge is 2.55. The number of aromatic nitrogens is 1. The molecule has 7 heteroatoms. The first-order valence-corrected chi connectivity index (χ1v) is 16.2. The normalized spacial score (nSPS) is 34.9. The van der Waals surface area contributed by atoms with Crippen LogP contribution >= 0.6 is 11.3 Å². The molecule has 4 aliphatic carbocycles. The lowest BCUT2D eigenvalue weighted by Gasteiger charge is -2.44. The molecule has 1 amide bonds. The van der Waals surface area contributed by atoms with E-state index >= 15 is 0 Å². The number of nitrogens with zero attached hydrogens (tertiary/aromatic N) is 1. The zero-order valence-electron chi connectivity index (χ0n) is 24.7. The van der Waals surface area contributed by atoms with E-state index in [0.29, 0.717) is 30.6 Å². The van der Waals surface area contributed by atoms with Crippen molar-refractivity contribution in [1.29, 1.82) is 0 Å². The van der Waals surface area contributed by atoms with Crippen LogP contribution in [-0.4, -0.2) is 46.6 Å². The van der Waals surface area contributed by atoms with Crippen molar-refractivity contribution in [3.05, 3.63) is 51.5 Å². The number of alkyl carbamates (subject to hydrolysis) is 1. The Labute approximate surface area is 244 Å². The number of fused-ring (bicyclic) bond motifs is 1. The number of carbonyl (C=O) groups is 1. The fourth-order valence-electron chi connectivity index (χ4n) is 8.32. The van der Waals surface area contributed by atoms with Gasteiger partial charge in [-0.15, -0.1) is 11.3 Å². The Morgan fingerprint density at radius 1 is 1.27 bits per heavy atom. The van der Waals surface area contributed by atoms with Gasteiger partial charge in [-0.25, -0.2) is 9.78 Å². The van der Waals surface area contributed by atoms with E-state index in [-0.39, 0.29) is 23.0 Å². The zero-order valence-corrected chi connectivity index (χ0v) is 25.6. The minimum absolute atomic E-state index is 0.119. The molecule has 5 rings (SSSR count). The largest absolute Gasteiger partial charge is 0.445 e. The number of hydrogen-bond donors (Lipinski definition) is 3. The lowest BCUT2D eigenvalue weighted by atomic mass is 9.60. The predicted octanol–water partition coefficient (Wildman–Crippen LogP) is 6.77. The number of rotatable bonds is 8. The highest BCUT2D eigenvalue weighted by molar-refractivity contribution is 7.09. The Morgan fingerprint density at radius 2 is 2.05 bits per heavy atom. The highest BCUT2D eigenvalue weighted by atomic mass is 32.1. The summed E-state index contributed by atoms with van der Waals surface area (Å²) in [5, 5.41) is 26.3. The third kappa shape index (κ3) is 5.71. The molecule has 7 atom stereocenters. The van der Waals surface area contributed by atoms with Gasteiger partial charge in [0.05, 0.1) is 17.6 Å². The van der Waals surface area contributed by atoms with E-state index in [1.54, 1.807) is 18.4 Å². The number of aliphatic hydroxyl groups excluding tert-OH is 2. The molecule has 1 heterocycles. The Hall–Kier alpha value is -1.96. The van der Waals surface area contributed by atoms with Gasteiger partial charge in [0.2, 0.25) is 0 Å². The Balaban J connectivity index is 1.28. The summed E-state index contributed by atoms with van der Waals surface area (Å²) in [4.78, 5) is 17.2. The summed E-state index contributed by atoms with van der Waals surface area (Å²) in [5.41, 5.74) is 4.46. The van der Waals surface area contributed by atoms with E-state index in [9.17, 15) is 15.0 Å². The van der Waals surface area contributed by atoms with Crippen molar-refractivity contribution in [3.8, 4) is 0 Å². The third-order valence-electron chi connectivity index (χ3n) is 10.8. The van der Waals surface area contributed by atoms with Crippen molar-refractivity contribution < 1.29 is 19.7 Å². The molecule has 0 aromatic carbocycles. The number of carbonyl (C=O) groups excluding carboxylic acids is 1. The molecule has 0 unspecified atom stereocenters. The second-order valence-electron chi connectivity index (χ2n) is 13.3. The van der Waals surface area contributed by atoms with Gasteiger partial charge in [0.1, 0.15) is 11.1 Å². The van der Waals surface area contributed by atoms with E-state index in [0.717, 1.165) is 54.0 Å². The van der Waals surface area contributed by atoms with E-state index in [2.05, 4.69) is 43.3 Å². The van der Waals surface area contributed by atoms with Crippen LogP contribution in [0.1, 0.15) is 95.2 Å². The molecule has 4 aliphatic rings. The molecule has 1 aromatic heterocycles. The van der Waals surface area contributed by atoms with Crippen molar-refractivity contribution in [2.45, 2.75) is 115 Å². The molecule has 4 saturated carbocycles. The van der Waals surface area contributed by atoms with Gasteiger partial charge in [-0.1, -0.05) is 38.2 Å². The quantitative estimate of drug-likeness (QED) is 0.322. The van der Waals surface area contributed by atoms with Crippen molar-refractivity contribution >= 4 is 17.4 Å². The number of aliphatic hydroxyl groups is 2. The number of aryl methyl sites for hydroxylation is 1. The highest BCUT2D eigenvalue weighted by Crippen LogP contribution is 2.60. The van der Waals surface area contributed by atoms with Crippen LogP contribution in [0, 0.1) is 30.1 Å². The molecule has 0 saturated heterocycles. The van der Waals surface area contributed by atoms with Crippen LogP contribution in [0.3, 0.4) is 0 Å². The average Bonchev–Trinajstić information content (AvgIpc) is 3.48. The van der Waals surface area contributed by atoms with Gasteiger partial charge in [0.25, 0.3) is 0 Å². The SMILES string of the molecule is C=C1/C(=C\C=C2/CCC[C@]3(C)[C@@H]([C@H](C)CC[C@H](OC(=O)NC)C4(c5nc(C)cs5)CC4)CC[C@@H]23)C[C@@H](O)C[C@@H]1O. The third-order valence-corrected chi connectivity index (χ3v) is 12.0. The van der Waals surface area contributed by atoms with E-state index in [1.165, 1.54) is 31.3 Å². The zero-order chi connectivity index (χ0) is 28.7. The molecule has 6 nitrogen and oxygen atoms in total. The van der Waals surface area contributed by atoms with E-state index in [1.807, 2.05) is 6.92 Å². The molecular formula is C33H48N2O4S. The van der Waals surface area contributed by atoms with Gasteiger partial charge in [-0.05, 0) is 105 Å². The topological polar surface area (TPSA) is 91.7 Å². The lowest BCUT2D eigenvalue weighted by molar-refractivity contribution is 0.0533. The summed E-state index contributed by atoms with van der Waals surface area (Å²) in [6, 6.07) is 0. The number of ether oxygens (including phenoxy) is 1. The smallest absolute Gasteiger partial charge is 0.407 e. The maximum atomic E-state index is 12.3. The molecule has 40 heavy (non-hydrogen) atoms. The summed E-state index contributed by atoms with van der Waals surface area (Å²) in [5.74, 6) is 1.75. The van der Waals surface area contributed by atoms with Crippen LogP contribution in [0.15, 0.2) is 40.8 Å². The van der Waals surface area contributed by atoms with Gasteiger partial charge in [0.15, 0.2) is 0 Å². The Kier molecular flexibility index (Phi) is 8.66. The van der Waals surface area contributed by atoms with Crippen molar-refractivity contribution in [1.82, 2.24) is 10.3 Å². The van der Waals surface area contributed by atoms with Gasteiger partial charge < -0.3 is 20.3 Å². The average molecular weight is 569 g/mol. The van der Waals surface area contributed by atoms with Crippen LogP contribution in [0.25, 0.3) is 0 Å². The molecule has 0 spiro atoms. The number of hydrogen-bond acceptors (Lipinski definition) is 6. The van der Waals surface area contributed by atoms with Crippen LogP contribution < -0.4 is 5.32 Å². The van der Waals surface area contributed by atoms with Crippen LogP contribution in [0.4, 0.5) is 4.79 Å². The summed E-state index contributed by atoms with van der Waals surface area (Å²) in [7, 11) is 1.63. The Morgan fingerprint density at radius 3 is 2.73 bits per heavy atom. The number of amides is 1. The standard InChI is InChI=1S/C33H48N2O4S/c1-20(8-13-29(39-31(38)34-5)33(15-16-33)30-35-21(2)19-40-30)26-11-12-27-23(7-6-14-32(26,27)4)9-10-24-17-25(36)18-28(37)22(24)3/h9-10,19-20,25-29,36-37H,3,6-8,11-18H2,1-2,4-5H3,(H,34,38)/b23-9+,24-10-/t20-,25-,26-,27+,28+,29+,32-/m1/s1. The molecule has 1 aromatic rings. The first kappa shape index (κ1) is 29.5. The van der Waals surface area contributed by atoms with Crippen LogP contribution in [0.2, 0.25) is 0 Å². The molecule has 3 N–H and O–H groups in total. The van der Waals surface area contributed by atoms with Crippen molar-refractivity contribution in [3.63, 3.8) is 0 Å². The number of thiazole rings is 1. The number of allylic oxidation sites excluding steroid dienone is 3.